The summed E-state index contributed by atoms with van der Waals surface area (Å²) >= 11 is 0. The summed E-state index contributed by atoms with van der Waals surface area (Å²) in [6.45, 7) is 4.64. The minimum Gasteiger partial charge on any atom is -0.481 e. The maximum atomic E-state index is 13.2. The van der Waals surface area contributed by atoms with Crippen molar-refractivity contribution < 1.29 is 19.5 Å². The van der Waals surface area contributed by atoms with E-state index in [1.807, 2.05) is 6.07 Å². The molecule has 0 aliphatic carbocycles. The van der Waals surface area contributed by atoms with Gasteiger partial charge < -0.3 is 14.9 Å². The van der Waals surface area contributed by atoms with Gasteiger partial charge in [0.15, 0.2) is 0 Å². The predicted molar refractivity (Wildman–Crippen MR) is 92.1 cm³/mol. The summed E-state index contributed by atoms with van der Waals surface area (Å²) in [5.74, 6) is -1.16. The molecule has 0 saturated carbocycles. The maximum absolute atomic E-state index is 13.2. The summed E-state index contributed by atoms with van der Waals surface area (Å²) in [7, 11) is 0. The van der Waals surface area contributed by atoms with Crippen LogP contribution in [0.15, 0.2) is 30.3 Å². The molecule has 2 heterocycles. The first kappa shape index (κ1) is 17.5. The van der Waals surface area contributed by atoms with Gasteiger partial charge in [0.05, 0.1) is 5.41 Å². The molecule has 0 aromatic heterocycles. The third kappa shape index (κ3) is 2.90. The standard InChI is InChI=1S/C19H24N2O4/c1-18(17(24)25)10-12-20(13-18)16(23)19(2)9-6-11-21(19)15(22)14-7-4-3-5-8-14/h3-5,7-8H,6,9-13H2,1-2H3,(H,24,25). The van der Waals surface area contributed by atoms with Crippen molar-refractivity contribution in [1.82, 2.24) is 9.80 Å². The Morgan fingerprint density at radius 2 is 1.72 bits per heavy atom. The Hall–Kier alpha value is -2.37. The number of carboxylic acids is 1. The molecule has 1 N–H and O–H groups in total. The number of carboxylic acid groups (broad SMARTS) is 1. The zero-order chi connectivity index (χ0) is 18.2. The quantitative estimate of drug-likeness (QED) is 0.910. The number of benzene rings is 1. The molecule has 2 unspecified atom stereocenters. The molecule has 2 aliphatic rings. The summed E-state index contributed by atoms with van der Waals surface area (Å²) < 4.78 is 0. The van der Waals surface area contributed by atoms with Crippen molar-refractivity contribution in [2.24, 2.45) is 5.41 Å². The van der Waals surface area contributed by atoms with Crippen LogP contribution in [0.5, 0.6) is 0 Å². The molecule has 6 nitrogen and oxygen atoms in total. The number of rotatable bonds is 3. The summed E-state index contributed by atoms with van der Waals surface area (Å²) in [4.78, 5) is 40.8. The van der Waals surface area contributed by atoms with E-state index >= 15 is 0 Å². The van der Waals surface area contributed by atoms with E-state index in [4.69, 9.17) is 0 Å². The molecule has 0 radical (unpaired) electrons. The van der Waals surface area contributed by atoms with Gasteiger partial charge in [-0.25, -0.2) is 0 Å². The second-order valence-corrected chi connectivity index (χ2v) is 7.54. The van der Waals surface area contributed by atoms with Crippen LogP contribution in [0.3, 0.4) is 0 Å². The van der Waals surface area contributed by atoms with Crippen molar-refractivity contribution >= 4 is 17.8 Å². The molecule has 6 heteroatoms. The first-order valence-electron chi connectivity index (χ1n) is 8.68. The fourth-order valence-electron chi connectivity index (χ4n) is 3.90. The smallest absolute Gasteiger partial charge is 0.311 e. The van der Waals surface area contributed by atoms with Crippen molar-refractivity contribution in [1.29, 1.82) is 0 Å². The van der Waals surface area contributed by atoms with Crippen molar-refractivity contribution in [2.45, 2.75) is 38.6 Å². The van der Waals surface area contributed by atoms with Gasteiger partial charge in [-0.1, -0.05) is 18.2 Å². The van der Waals surface area contributed by atoms with E-state index < -0.39 is 16.9 Å². The van der Waals surface area contributed by atoms with Gasteiger partial charge >= 0.3 is 5.97 Å². The van der Waals surface area contributed by atoms with Crippen molar-refractivity contribution in [3.05, 3.63) is 35.9 Å². The highest BCUT2D eigenvalue weighted by molar-refractivity contribution is 5.99. The average molecular weight is 344 g/mol. The number of carbonyl (C=O) groups excluding carboxylic acids is 2. The minimum atomic E-state index is -0.906. The Morgan fingerprint density at radius 1 is 1.04 bits per heavy atom. The Balaban J connectivity index is 1.81. The zero-order valence-corrected chi connectivity index (χ0v) is 14.7. The van der Waals surface area contributed by atoms with E-state index in [9.17, 15) is 19.5 Å². The topological polar surface area (TPSA) is 77.9 Å². The number of likely N-dealkylation sites (tertiary alicyclic amines) is 2. The van der Waals surface area contributed by atoms with E-state index in [2.05, 4.69) is 0 Å². The fourth-order valence-corrected chi connectivity index (χ4v) is 3.90. The van der Waals surface area contributed by atoms with Gasteiger partial charge in [-0.3, -0.25) is 14.4 Å². The molecular formula is C19H24N2O4. The van der Waals surface area contributed by atoms with Crippen LogP contribution in [0.4, 0.5) is 0 Å². The van der Waals surface area contributed by atoms with Gasteiger partial charge in [0.2, 0.25) is 5.91 Å². The lowest BCUT2D eigenvalue weighted by Gasteiger charge is -2.37. The second kappa shape index (κ2) is 6.17. The molecule has 2 amide bonds. The molecule has 0 bridgehead atoms. The van der Waals surface area contributed by atoms with E-state index in [-0.39, 0.29) is 18.4 Å². The Labute approximate surface area is 147 Å². The number of carbonyl (C=O) groups is 3. The van der Waals surface area contributed by atoms with Crippen molar-refractivity contribution in [2.75, 3.05) is 19.6 Å². The van der Waals surface area contributed by atoms with Gasteiger partial charge in [0.1, 0.15) is 5.54 Å². The normalized spacial score (nSPS) is 29.0. The lowest BCUT2D eigenvalue weighted by atomic mass is 9.90. The highest BCUT2D eigenvalue weighted by Crippen LogP contribution is 2.37. The molecule has 25 heavy (non-hydrogen) atoms. The predicted octanol–water partition coefficient (Wildman–Crippen LogP) is 2.00. The molecule has 1 aromatic rings. The molecule has 2 fully saturated rings. The molecule has 3 rings (SSSR count). The van der Waals surface area contributed by atoms with E-state index in [1.165, 1.54) is 0 Å². The SMILES string of the molecule is CC1(C(=O)O)CCN(C(=O)C2(C)CCCN2C(=O)c2ccccc2)C1. The van der Waals surface area contributed by atoms with Crippen LogP contribution < -0.4 is 0 Å². The van der Waals surface area contributed by atoms with Crippen molar-refractivity contribution in [3.63, 3.8) is 0 Å². The van der Waals surface area contributed by atoms with Gasteiger partial charge in [-0.2, -0.15) is 0 Å². The highest BCUT2D eigenvalue weighted by Gasteiger charge is 2.51. The third-order valence-electron chi connectivity index (χ3n) is 5.64. The monoisotopic (exact) mass is 344 g/mol. The molecule has 2 aliphatic heterocycles. The first-order valence-corrected chi connectivity index (χ1v) is 8.68. The van der Waals surface area contributed by atoms with Crippen molar-refractivity contribution in [3.8, 4) is 0 Å². The van der Waals surface area contributed by atoms with Crippen LogP contribution in [0.1, 0.15) is 43.5 Å². The summed E-state index contributed by atoms with van der Waals surface area (Å²) in [6.07, 6.45) is 1.81. The molecule has 2 saturated heterocycles. The molecule has 2 atom stereocenters. The Bertz CT molecular complexity index is 705. The third-order valence-corrected chi connectivity index (χ3v) is 5.64. The number of hydrogen-bond donors (Lipinski definition) is 1. The molecule has 134 valence electrons. The number of amides is 2. The van der Waals surface area contributed by atoms with E-state index in [1.54, 1.807) is 47.9 Å². The number of nitrogens with zero attached hydrogens (tertiary/aromatic N) is 2. The Morgan fingerprint density at radius 3 is 2.32 bits per heavy atom. The summed E-state index contributed by atoms with van der Waals surface area (Å²) in [5, 5.41) is 9.39. The molecule has 0 spiro atoms. The van der Waals surface area contributed by atoms with Crippen LogP contribution in [-0.2, 0) is 9.59 Å². The lowest BCUT2D eigenvalue weighted by molar-refractivity contribution is -0.148. The van der Waals surface area contributed by atoms with E-state index in [0.717, 1.165) is 6.42 Å². The maximum Gasteiger partial charge on any atom is 0.311 e. The van der Waals surface area contributed by atoms with Crippen LogP contribution in [-0.4, -0.2) is 57.9 Å². The molecule has 1 aromatic carbocycles. The lowest BCUT2D eigenvalue weighted by Crippen LogP contribution is -2.56. The Kier molecular flexibility index (Phi) is 4.31. The number of hydrogen-bond acceptors (Lipinski definition) is 3. The van der Waals surface area contributed by atoms with Gasteiger partial charge in [-0.05, 0) is 45.2 Å². The second-order valence-electron chi connectivity index (χ2n) is 7.54. The first-order chi connectivity index (χ1) is 11.8. The van der Waals surface area contributed by atoms with E-state index in [0.29, 0.717) is 31.5 Å². The summed E-state index contributed by atoms with van der Waals surface area (Å²) in [6, 6.07) is 8.97. The van der Waals surface area contributed by atoms with Gasteiger partial charge in [-0.15, -0.1) is 0 Å². The van der Waals surface area contributed by atoms with Gasteiger partial charge in [0, 0.05) is 25.2 Å². The van der Waals surface area contributed by atoms with Gasteiger partial charge in [0.25, 0.3) is 5.91 Å². The van der Waals surface area contributed by atoms with Crippen LogP contribution in [0, 0.1) is 5.41 Å². The number of aliphatic carboxylic acids is 1. The minimum absolute atomic E-state index is 0.140. The molecular weight excluding hydrogens is 320 g/mol. The summed E-state index contributed by atoms with van der Waals surface area (Å²) in [5.41, 5.74) is -1.24. The largest absolute Gasteiger partial charge is 0.481 e. The average Bonchev–Trinajstić information content (AvgIpc) is 3.19. The zero-order valence-electron chi connectivity index (χ0n) is 14.7. The fraction of sp³-hybridized carbons (Fsp3) is 0.526. The highest BCUT2D eigenvalue weighted by atomic mass is 16.4. The van der Waals surface area contributed by atoms with Crippen LogP contribution in [0.25, 0.3) is 0 Å². The van der Waals surface area contributed by atoms with Crippen LogP contribution in [0.2, 0.25) is 0 Å². The van der Waals surface area contributed by atoms with Crippen LogP contribution >= 0.6 is 0 Å².